The molecule has 64 valence electrons. The highest BCUT2D eigenvalue weighted by atomic mass is 127. The van der Waals surface area contributed by atoms with E-state index in [2.05, 4.69) is 22.6 Å². The van der Waals surface area contributed by atoms with Gasteiger partial charge in [0.1, 0.15) is 0 Å². The highest BCUT2D eigenvalue weighted by Crippen LogP contribution is 2.22. The molecule has 1 aromatic rings. The predicted octanol–water partition coefficient (Wildman–Crippen LogP) is 2.95. The van der Waals surface area contributed by atoms with Gasteiger partial charge in [0, 0.05) is 8.59 Å². The van der Waals surface area contributed by atoms with Crippen molar-refractivity contribution in [2.45, 2.75) is 6.92 Å². The van der Waals surface area contributed by atoms with E-state index in [-0.39, 0.29) is 5.56 Å². The second-order valence-corrected chi connectivity index (χ2v) is 3.94. The molecule has 4 heteroatoms. The van der Waals surface area contributed by atoms with Crippen LogP contribution in [-0.2, 0) is 0 Å². The molecular weight excluding hydrogens is 290 g/mol. The largest absolute Gasteiger partial charge is 0.478 e. The van der Waals surface area contributed by atoms with Crippen LogP contribution in [0.2, 0.25) is 5.02 Å². The fourth-order valence-corrected chi connectivity index (χ4v) is 1.77. The van der Waals surface area contributed by atoms with Crippen molar-refractivity contribution in [2.24, 2.45) is 0 Å². The van der Waals surface area contributed by atoms with Gasteiger partial charge in [-0.15, -0.1) is 0 Å². The Morgan fingerprint density at radius 2 is 2.17 bits per heavy atom. The third-order valence-corrected chi connectivity index (χ3v) is 3.04. The number of aromatic carboxylic acids is 1. The van der Waals surface area contributed by atoms with E-state index in [4.69, 9.17) is 16.7 Å². The predicted molar refractivity (Wildman–Crippen MR) is 55.9 cm³/mol. The zero-order valence-electron chi connectivity index (χ0n) is 6.27. The van der Waals surface area contributed by atoms with Crippen LogP contribution in [0.25, 0.3) is 0 Å². The van der Waals surface area contributed by atoms with Crippen molar-refractivity contribution in [1.82, 2.24) is 0 Å². The molecule has 0 aliphatic rings. The normalized spacial score (nSPS) is 9.92. The molecule has 0 radical (unpaired) electrons. The molecule has 0 aliphatic heterocycles. The van der Waals surface area contributed by atoms with Crippen LogP contribution in [0.1, 0.15) is 15.9 Å². The summed E-state index contributed by atoms with van der Waals surface area (Å²) >= 11 is 7.86. The molecule has 0 unspecified atom stereocenters. The number of carboxylic acids is 1. The van der Waals surface area contributed by atoms with Gasteiger partial charge in [-0.25, -0.2) is 4.79 Å². The van der Waals surface area contributed by atoms with E-state index in [1.54, 1.807) is 6.07 Å². The molecule has 0 heterocycles. The summed E-state index contributed by atoms with van der Waals surface area (Å²) in [5.74, 6) is -0.949. The second kappa shape index (κ2) is 3.62. The first-order chi connectivity index (χ1) is 5.52. The van der Waals surface area contributed by atoms with Gasteiger partial charge in [-0.1, -0.05) is 11.6 Å². The lowest BCUT2D eigenvalue weighted by molar-refractivity contribution is 0.0697. The number of carbonyl (C=O) groups is 1. The molecule has 0 spiro atoms. The molecule has 0 amide bonds. The summed E-state index contributed by atoms with van der Waals surface area (Å²) in [4.78, 5) is 10.6. The molecule has 1 aromatic carbocycles. The summed E-state index contributed by atoms with van der Waals surface area (Å²) in [7, 11) is 0. The van der Waals surface area contributed by atoms with Crippen LogP contribution in [0.5, 0.6) is 0 Å². The molecule has 0 atom stereocenters. The average Bonchev–Trinajstić information content (AvgIpc) is 1.99. The molecule has 0 aliphatic carbocycles. The van der Waals surface area contributed by atoms with Gasteiger partial charge in [0.05, 0.1) is 5.56 Å². The van der Waals surface area contributed by atoms with Crippen molar-refractivity contribution in [3.8, 4) is 0 Å². The maximum absolute atomic E-state index is 10.6. The SMILES string of the molecule is Cc1c(Cl)cc(C(=O)O)cc1I. The smallest absolute Gasteiger partial charge is 0.335 e. The molecule has 1 rings (SSSR count). The number of rotatable bonds is 1. The highest BCUT2D eigenvalue weighted by Gasteiger charge is 2.07. The standard InChI is InChI=1S/C8H6ClIO2/c1-4-6(9)2-5(8(11)12)3-7(4)10/h2-3H,1H3,(H,11,12). The van der Waals surface area contributed by atoms with Crippen LogP contribution in [-0.4, -0.2) is 11.1 Å². The minimum atomic E-state index is -0.949. The number of carboxylic acid groups (broad SMARTS) is 1. The monoisotopic (exact) mass is 296 g/mol. The molecule has 0 bridgehead atoms. The zero-order valence-corrected chi connectivity index (χ0v) is 9.18. The van der Waals surface area contributed by atoms with Gasteiger partial charge in [-0.3, -0.25) is 0 Å². The van der Waals surface area contributed by atoms with Crippen molar-refractivity contribution in [1.29, 1.82) is 0 Å². The Kier molecular flexibility index (Phi) is 2.95. The van der Waals surface area contributed by atoms with Crippen LogP contribution >= 0.6 is 34.2 Å². The molecule has 1 N–H and O–H groups in total. The first-order valence-corrected chi connectivity index (χ1v) is 4.67. The summed E-state index contributed by atoms with van der Waals surface area (Å²) in [6.45, 7) is 1.86. The van der Waals surface area contributed by atoms with Crippen LogP contribution in [0.4, 0.5) is 0 Å². The van der Waals surface area contributed by atoms with Gasteiger partial charge in [0.25, 0.3) is 0 Å². The van der Waals surface area contributed by atoms with E-state index in [1.165, 1.54) is 6.07 Å². The Morgan fingerprint density at radius 1 is 1.58 bits per heavy atom. The highest BCUT2D eigenvalue weighted by molar-refractivity contribution is 14.1. The van der Waals surface area contributed by atoms with E-state index < -0.39 is 5.97 Å². The summed E-state index contributed by atoms with van der Waals surface area (Å²) in [6, 6.07) is 3.06. The third-order valence-electron chi connectivity index (χ3n) is 1.53. The number of halogens is 2. The molecular formula is C8H6ClIO2. The second-order valence-electron chi connectivity index (χ2n) is 2.37. The quantitative estimate of drug-likeness (QED) is 0.809. The minimum Gasteiger partial charge on any atom is -0.478 e. The van der Waals surface area contributed by atoms with Crippen LogP contribution in [0.3, 0.4) is 0 Å². The van der Waals surface area contributed by atoms with Crippen molar-refractivity contribution in [2.75, 3.05) is 0 Å². The third kappa shape index (κ3) is 1.90. The van der Waals surface area contributed by atoms with Crippen LogP contribution in [0.15, 0.2) is 12.1 Å². The Labute approximate surface area is 88.7 Å². The number of hydrogen-bond donors (Lipinski definition) is 1. The van der Waals surface area contributed by atoms with Crippen LogP contribution in [0, 0.1) is 10.5 Å². The lowest BCUT2D eigenvalue weighted by atomic mass is 10.1. The lowest BCUT2D eigenvalue weighted by Crippen LogP contribution is -1.97. The average molecular weight is 296 g/mol. The van der Waals surface area contributed by atoms with E-state index in [9.17, 15) is 4.79 Å². The van der Waals surface area contributed by atoms with Gasteiger partial charge < -0.3 is 5.11 Å². The van der Waals surface area contributed by atoms with Crippen molar-refractivity contribution >= 4 is 40.2 Å². The van der Waals surface area contributed by atoms with Gasteiger partial charge >= 0.3 is 5.97 Å². The Hall–Kier alpha value is -0.290. The summed E-state index contributed by atoms with van der Waals surface area (Å²) in [5.41, 5.74) is 1.15. The van der Waals surface area contributed by atoms with Gasteiger partial charge in [-0.2, -0.15) is 0 Å². The molecule has 0 fully saturated rings. The zero-order chi connectivity index (χ0) is 9.30. The maximum Gasteiger partial charge on any atom is 0.335 e. The topological polar surface area (TPSA) is 37.3 Å². The van der Waals surface area contributed by atoms with Crippen molar-refractivity contribution in [3.05, 3.63) is 31.9 Å². The van der Waals surface area contributed by atoms with Gasteiger partial charge in [0.2, 0.25) is 0 Å². The first-order valence-electron chi connectivity index (χ1n) is 3.21. The van der Waals surface area contributed by atoms with E-state index >= 15 is 0 Å². The first kappa shape index (κ1) is 9.80. The fourth-order valence-electron chi connectivity index (χ4n) is 0.769. The van der Waals surface area contributed by atoms with Crippen molar-refractivity contribution < 1.29 is 9.90 Å². The van der Waals surface area contributed by atoms with Gasteiger partial charge in [-0.05, 0) is 47.2 Å². The molecule has 0 saturated carbocycles. The number of hydrogen-bond acceptors (Lipinski definition) is 1. The fraction of sp³-hybridized carbons (Fsp3) is 0.125. The Bertz CT molecular complexity index is 313. The Morgan fingerprint density at radius 3 is 2.58 bits per heavy atom. The number of benzene rings is 1. The summed E-state index contributed by atoms with van der Waals surface area (Å²) in [5, 5.41) is 9.16. The lowest BCUT2D eigenvalue weighted by Gasteiger charge is -2.02. The van der Waals surface area contributed by atoms with E-state index in [0.717, 1.165) is 9.13 Å². The van der Waals surface area contributed by atoms with Gasteiger partial charge in [0.15, 0.2) is 0 Å². The Balaban J connectivity index is 3.31. The molecule has 2 nitrogen and oxygen atoms in total. The molecule has 0 aromatic heterocycles. The summed E-state index contributed by atoms with van der Waals surface area (Å²) in [6.07, 6.45) is 0. The van der Waals surface area contributed by atoms with Crippen molar-refractivity contribution in [3.63, 3.8) is 0 Å². The maximum atomic E-state index is 10.6. The van der Waals surface area contributed by atoms with Crippen LogP contribution < -0.4 is 0 Å². The van der Waals surface area contributed by atoms with E-state index in [0.29, 0.717) is 5.02 Å². The van der Waals surface area contributed by atoms with E-state index in [1.807, 2.05) is 6.92 Å². The molecule has 12 heavy (non-hydrogen) atoms. The minimum absolute atomic E-state index is 0.231. The molecule has 0 saturated heterocycles. The summed E-state index contributed by atoms with van der Waals surface area (Å²) < 4.78 is 0.873.